The number of nitrogens with zero attached hydrogens (tertiary/aromatic N) is 1. The number of unbranched alkanes of at least 4 members (excludes halogenated alkanes) is 1. The summed E-state index contributed by atoms with van der Waals surface area (Å²) in [7, 11) is 0. The number of nitrogens with one attached hydrogen (secondary N) is 1. The number of nitrogens with two attached hydrogens (primary N) is 1. The maximum absolute atomic E-state index is 11.1. The van der Waals surface area contributed by atoms with Crippen LogP contribution in [-0.4, -0.2) is 37.0 Å². The second-order valence-electron chi connectivity index (χ2n) is 5.63. The lowest BCUT2D eigenvalue weighted by Crippen LogP contribution is -2.39. The second kappa shape index (κ2) is 8.88. The Balaban J connectivity index is 1.48. The second-order valence-corrected chi connectivity index (χ2v) is 7.54. The molecule has 0 spiro atoms. The van der Waals surface area contributed by atoms with Gasteiger partial charge in [-0.05, 0) is 73.9 Å². The van der Waals surface area contributed by atoms with Crippen molar-refractivity contribution in [1.29, 1.82) is 0 Å². The first-order valence-corrected chi connectivity index (χ1v) is 9.27. The molecule has 1 aromatic rings. The van der Waals surface area contributed by atoms with Crippen molar-refractivity contribution in [3.63, 3.8) is 0 Å². The van der Waals surface area contributed by atoms with Gasteiger partial charge in [-0.25, -0.2) is 0 Å². The number of amides is 1. The molecule has 1 amide bonds. The van der Waals surface area contributed by atoms with E-state index in [4.69, 9.17) is 5.73 Å². The molecular formula is C15H24BrN3OS. The number of thiophene rings is 1. The average molecular weight is 374 g/mol. The number of primary amides is 1. The Morgan fingerprint density at radius 3 is 2.81 bits per heavy atom. The normalized spacial score (nSPS) is 17.2. The molecule has 1 saturated heterocycles. The van der Waals surface area contributed by atoms with Gasteiger partial charge in [-0.15, -0.1) is 11.3 Å². The number of rotatable bonds is 8. The molecule has 4 nitrogen and oxygen atoms in total. The summed E-state index contributed by atoms with van der Waals surface area (Å²) in [5.74, 6) is -0.0212. The van der Waals surface area contributed by atoms with Crippen LogP contribution in [0.15, 0.2) is 15.9 Å². The van der Waals surface area contributed by atoms with Gasteiger partial charge in [-0.1, -0.05) is 0 Å². The van der Waals surface area contributed by atoms with Crippen molar-refractivity contribution in [3.05, 3.63) is 20.8 Å². The molecule has 118 valence electrons. The molecule has 2 rings (SSSR count). The summed E-state index contributed by atoms with van der Waals surface area (Å²) in [4.78, 5) is 14.9. The summed E-state index contributed by atoms with van der Waals surface area (Å²) in [6, 6.07) is 2.17. The predicted molar refractivity (Wildman–Crippen MR) is 91.3 cm³/mol. The van der Waals surface area contributed by atoms with Crippen molar-refractivity contribution in [2.75, 3.05) is 26.2 Å². The van der Waals surface area contributed by atoms with Crippen LogP contribution in [0.2, 0.25) is 0 Å². The lowest BCUT2D eigenvalue weighted by molar-refractivity contribution is -0.123. The molecule has 0 unspecified atom stereocenters. The number of hydrogen-bond donors (Lipinski definition) is 2. The molecule has 0 aliphatic carbocycles. The minimum absolute atomic E-state index is 0.105. The smallest absolute Gasteiger partial charge is 0.220 e. The van der Waals surface area contributed by atoms with Gasteiger partial charge in [0.15, 0.2) is 0 Å². The first kappa shape index (κ1) is 16.9. The van der Waals surface area contributed by atoms with Gasteiger partial charge in [0.1, 0.15) is 0 Å². The number of piperidine rings is 1. The van der Waals surface area contributed by atoms with Crippen molar-refractivity contribution in [2.24, 2.45) is 11.7 Å². The number of halogens is 1. The van der Waals surface area contributed by atoms with Gasteiger partial charge in [-0.2, -0.15) is 0 Å². The highest BCUT2D eigenvalue weighted by Gasteiger charge is 2.22. The van der Waals surface area contributed by atoms with Gasteiger partial charge >= 0.3 is 0 Å². The molecule has 0 aromatic carbocycles. The highest BCUT2D eigenvalue weighted by molar-refractivity contribution is 9.10. The van der Waals surface area contributed by atoms with Crippen LogP contribution < -0.4 is 11.1 Å². The Hall–Kier alpha value is -0.430. The van der Waals surface area contributed by atoms with E-state index in [0.717, 1.165) is 45.6 Å². The van der Waals surface area contributed by atoms with E-state index in [1.165, 1.54) is 22.2 Å². The Morgan fingerprint density at radius 1 is 1.43 bits per heavy atom. The van der Waals surface area contributed by atoms with Crippen LogP contribution in [0.5, 0.6) is 0 Å². The summed E-state index contributed by atoms with van der Waals surface area (Å²) in [6.45, 7) is 5.19. The third-order valence-corrected chi connectivity index (χ3v) is 5.69. The number of carbonyl (C=O) groups excluding carboxylic acids is 1. The van der Waals surface area contributed by atoms with Crippen LogP contribution in [0, 0.1) is 5.92 Å². The maximum Gasteiger partial charge on any atom is 0.220 e. The standard InChI is InChI=1S/C15H24BrN3OS/c16-13-9-14(21-11-13)10-18-5-1-2-6-19-7-3-12(4-8-19)15(17)20/h9,11-12,18H,1-8,10H2,(H2,17,20). The molecule has 3 N–H and O–H groups in total. The zero-order valence-corrected chi connectivity index (χ0v) is 14.7. The highest BCUT2D eigenvalue weighted by Crippen LogP contribution is 2.19. The summed E-state index contributed by atoms with van der Waals surface area (Å²) in [6.07, 6.45) is 4.27. The first-order chi connectivity index (χ1) is 10.1. The molecule has 2 heterocycles. The Labute approximate surface area is 139 Å². The summed E-state index contributed by atoms with van der Waals surface area (Å²) in [5.41, 5.74) is 5.35. The van der Waals surface area contributed by atoms with Crippen LogP contribution in [0.4, 0.5) is 0 Å². The van der Waals surface area contributed by atoms with E-state index in [-0.39, 0.29) is 11.8 Å². The minimum Gasteiger partial charge on any atom is -0.369 e. The van der Waals surface area contributed by atoms with Crippen molar-refractivity contribution in [2.45, 2.75) is 32.2 Å². The molecular weight excluding hydrogens is 350 g/mol. The molecule has 0 bridgehead atoms. The molecule has 1 aliphatic rings. The van der Waals surface area contributed by atoms with E-state index >= 15 is 0 Å². The predicted octanol–water partition coefficient (Wildman–Crippen LogP) is 2.58. The topological polar surface area (TPSA) is 58.4 Å². The monoisotopic (exact) mass is 373 g/mol. The molecule has 21 heavy (non-hydrogen) atoms. The average Bonchev–Trinajstić information content (AvgIpc) is 2.89. The minimum atomic E-state index is -0.126. The van der Waals surface area contributed by atoms with E-state index < -0.39 is 0 Å². The van der Waals surface area contributed by atoms with Crippen LogP contribution in [0.1, 0.15) is 30.6 Å². The zero-order chi connectivity index (χ0) is 15.1. The first-order valence-electron chi connectivity index (χ1n) is 7.60. The van der Waals surface area contributed by atoms with Gasteiger partial charge in [0.2, 0.25) is 5.91 Å². The van der Waals surface area contributed by atoms with Crippen LogP contribution >= 0.6 is 27.3 Å². The fraction of sp³-hybridized carbons (Fsp3) is 0.667. The van der Waals surface area contributed by atoms with Crippen molar-refractivity contribution >= 4 is 33.2 Å². The van der Waals surface area contributed by atoms with Gasteiger partial charge < -0.3 is 16.0 Å². The van der Waals surface area contributed by atoms with E-state index in [9.17, 15) is 4.79 Å². The fourth-order valence-electron chi connectivity index (χ4n) is 2.68. The van der Waals surface area contributed by atoms with Crippen molar-refractivity contribution in [1.82, 2.24) is 10.2 Å². The maximum atomic E-state index is 11.1. The number of hydrogen-bond acceptors (Lipinski definition) is 4. The summed E-state index contributed by atoms with van der Waals surface area (Å²) >= 11 is 5.25. The third kappa shape index (κ3) is 6.06. The molecule has 1 aromatic heterocycles. The van der Waals surface area contributed by atoms with Crippen molar-refractivity contribution in [3.8, 4) is 0 Å². The number of likely N-dealkylation sites (tertiary alicyclic amines) is 1. The summed E-state index contributed by atoms with van der Waals surface area (Å²) in [5, 5.41) is 5.60. The molecule has 0 saturated carbocycles. The molecule has 0 atom stereocenters. The largest absolute Gasteiger partial charge is 0.369 e. The SMILES string of the molecule is NC(=O)C1CCN(CCCCNCc2cc(Br)cs2)CC1. The molecule has 1 fully saturated rings. The summed E-state index contributed by atoms with van der Waals surface area (Å²) < 4.78 is 1.17. The Kier molecular flexibility index (Phi) is 7.16. The van der Waals surface area contributed by atoms with E-state index in [2.05, 4.69) is 37.6 Å². The Bertz CT molecular complexity index is 444. The van der Waals surface area contributed by atoms with Gasteiger partial charge in [0.05, 0.1) is 0 Å². The third-order valence-electron chi connectivity index (χ3n) is 3.99. The lowest BCUT2D eigenvalue weighted by Gasteiger charge is -2.30. The fourth-order valence-corrected chi connectivity index (χ4v) is 4.11. The van der Waals surface area contributed by atoms with Gasteiger partial charge in [0.25, 0.3) is 0 Å². The van der Waals surface area contributed by atoms with E-state index in [1.54, 1.807) is 11.3 Å². The molecule has 6 heteroatoms. The van der Waals surface area contributed by atoms with Crippen LogP contribution in [0.3, 0.4) is 0 Å². The lowest BCUT2D eigenvalue weighted by atomic mass is 9.96. The van der Waals surface area contributed by atoms with E-state index in [0.29, 0.717) is 0 Å². The van der Waals surface area contributed by atoms with Gasteiger partial charge in [0, 0.05) is 27.2 Å². The van der Waals surface area contributed by atoms with Crippen molar-refractivity contribution < 1.29 is 4.79 Å². The van der Waals surface area contributed by atoms with Gasteiger partial charge in [-0.3, -0.25) is 4.79 Å². The zero-order valence-electron chi connectivity index (χ0n) is 12.3. The number of carbonyl (C=O) groups is 1. The van der Waals surface area contributed by atoms with Crippen LogP contribution in [-0.2, 0) is 11.3 Å². The van der Waals surface area contributed by atoms with Crippen LogP contribution in [0.25, 0.3) is 0 Å². The molecule has 1 aliphatic heterocycles. The molecule has 0 radical (unpaired) electrons. The quantitative estimate of drug-likeness (QED) is 0.688. The Morgan fingerprint density at radius 2 is 2.19 bits per heavy atom. The highest BCUT2D eigenvalue weighted by atomic mass is 79.9. The van der Waals surface area contributed by atoms with E-state index in [1.807, 2.05) is 0 Å².